The molecule has 0 saturated carbocycles. The van der Waals surface area contributed by atoms with Gasteiger partial charge in [0.25, 0.3) is 15.9 Å². The van der Waals surface area contributed by atoms with Crippen LogP contribution < -0.4 is 23.8 Å². The van der Waals surface area contributed by atoms with Crippen LogP contribution in [0.15, 0.2) is 65.6 Å². The summed E-state index contributed by atoms with van der Waals surface area (Å²) in [5.41, 5.74) is -1.71. The molecule has 3 aromatic rings. The summed E-state index contributed by atoms with van der Waals surface area (Å²) in [6, 6.07) is 12.6. The van der Waals surface area contributed by atoms with Gasteiger partial charge in [-0.2, -0.15) is 4.31 Å². The third-order valence-electron chi connectivity index (χ3n) is 8.56. The standard InChI is InChI=1S/C30H29ClF3N3O7S/c1-35-27(38)23-9-7-15-37(23,2)29(20-8-5-6-10-24(20)43-4)21-16-18(31)11-13-22(21)36(28(29)39)45(40,41)26-14-12-19(42-3)17-25(26)44-30(32,33)34/h5-6,8,10-14,16-17,23H,7,9,15H2,1-4H3/p+1/t23-,29?,37?/m0/s1. The first-order valence-electron chi connectivity index (χ1n) is 13.7. The van der Waals surface area contributed by atoms with Gasteiger partial charge in [0.05, 0.1) is 44.6 Å². The van der Waals surface area contributed by atoms with Crippen LogP contribution in [0.1, 0.15) is 24.0 Å². The molecular formula is C30H30ClF3N3O7S+. The molecule has 45 heavy (non-hydrogen) atoms. The van der Waals surface area contributed by atoms with Gasteiger partial charge in [-0.15, -0.1) is 13.2 Å². The SMILES string of the molecule is CNC(=O)[C@@H]1CCC[N+]1(C)C1(c2ccccc2OC)C(=O)N(S(=O)(=O)c2ccc(OC)cc2OC(F)(F)F)c2ccc(Cl)cc21. The molecule has 1 fully saturated rings. The Morgan fingerprint density at radius 3 is 2.40 bits per heavy atom. The van der Waals surface area contributed by atoms with Crippen molar-refractivity contribution in [3.05, 3.63) is 76.8 Å². The number of methoxy groups -OCH3 is 2. The summed E-state index contributed by atoms with van der Waals surface area (Å²) < 4.78 is 84.6. The predicted octanol–water partition coefficient (Wildman–Crippen LogP) is 4.59. The highest BCUT2D eigenvalue weighted by Crippen LogP contribution is 2.58. The molecule has 0 aliphatic carbocycles. The molecular weight excluding hydrogens is 639 g/mol. The maximum Gasteiger partial charge on any atom is 0.573 e. The molecule has 1 saturated heterocycles. The molecule has 2 heterocycles. The summed E-state index contributed by atoms with van der Waals surface area (Å²) in [6.07, 6.45) is -4.40. The number of benzene rings is 3. The van der Waals surface area contributed by atoms with Crippen LogP contribution in [0.25, 0.3) is 0 Å². The number of nitrogens with one attached hydrogen (secondary N) is 1. The molecule has 3 aromatic carbocycles. The number of sulfonamides is 1. The third-order valence-corrected chi connectivity index (χ3v) is 10.5. The van der Waals surface area contributed by atoms with E-state index in [1.807, 2.05) is 0 Å². The molecule has 240 valence electrons. The van der Waals surface area contributed by atoms with Crippen LogP contribution in [-0.2, 0) is 25.2 Å². The average molecular weight is 669 g/mol. The van der Waals surface area contributed by atoms with Crippen LogP contribution in [0.2, 0.25) is 5.02 Å². The van der Waals surface area contributed by atoms with Gasteiger partial charge in [-0.05, 0) is 42.5 Å². The van der Waals surface area contributed by atoms with E-state index in [-0.39, 0.29) is 50.3 Å². The van der Waals surface area contributed by atoms with Crippen molar-refractivity contribution in [2.75, 3.05) is 39.2 Å². The lowest BCUT2D eigenvalue weighted by Gasteiger charge is -2.48. The monoisotopic (exact) mass is 668 g/mol. The predicted molar refractivity (Wildman–Crippen MR) is 158 cm³/mol. The number of ether oxygens (including phenoxy) is 3. The van der Waals surface area contributed by atoms with Crippen LogP contribution in [0, 0.1) is 0 Å². The number of quaternary nitrogens is 1. The highest BCUT2D eigenvalue weighted by Gasteiger charge is 2.71. The van der Waals surface area contributed by atoms with Gasteiger partial charge >= 0.3 is 12.3 Å². The Morgan fingerprint density at radius 1 is 1.04 bits per heavy atom. The summed E-state index contributed by atoms with van der Waals surface area (Å²) in [6.45, 7) is 0.257. The van der Waals surface area contributed by atoms with Crippen LogP contribution >= 0.6 is 11.6 Å². The van der Waals surface area contributed by atoms with E-state index in [4.69, 9.17) is 21.1 Å². The number of amides is 2. The van der Waals surface area contributed by atoms with Crippen LogP contribution in [0.4, 0.5) is 18.9 Å². The van der Waals surface area contributed by atoms with Crippen LogP contribution in [0.5, 0.6) is 17.2 Å². The molecule has 2 unspecified atom stereocenters. The molecule has 10 nitrogen and oxygen atoms in total. The number of carbonyl (C=O) groups is 2. The van der Waals surface area contributed by atoms with Crippen molar-refractivity contribution in [3.63, 3.8) is 0 Å². The van der Waals surface area contributed by atoms with E-state index in [1.54, 1.807) is 31.3 Å². The first-order valence-corrected chi connectivity index (χ1v) is 15.5. The second-order valence-electron chi connectivity index (χ2n) is 10.8. The molecule has 0 radical (unpaired) electrons. The molecule has 3 atom stereocenters. The number of fused-ring (bicyclic) bond motifs is 1. The molecule has 2 aliphatic rings. The Morgan fingerprint density at radius 2 is 1.76 bits per heavy atom. The molecule has 1 N–H and O–H groups in total. The smallest absolute Gasteiger partial charge is 0.497 e. The Kier molecular flexibility index (Phi) is 8.21. The minimum absolute atomic E-state index is 0.111. The van der Waals surface area contributed by atoms with Gasteiger partial charge in [-0.25, -0.2) is 8.42 Å². The van der Waals surface area contributed by atoms with E-state index in [0.29, 0.717) is 17.1 Å². The molecule has 5 rings (SSSR count). The molecule has 2 aliphatic heterocycles. The van der Waals surface area contributed by atoms with Crippen LogP contribution in [0.3, 0.4) is 0 Å². The number of nitrogens with zero attached hydrogens (tertiary/aromatic N) is 2. The highest BCUT2D eigenvalue weighted by atomic mass is 35.5. The van der Waals surface area contributed by atoms with Gasteiger partial charge in [0.15, 0.2) is 11.8 Å². The average Bonchev–Trinajstić information content (AvgIpc) is 3.51. The van der Waals surface area contributed by atoms with Crippen molar-refractivity contribution < 1.29 is 49.9 Å². The number of hydrogen-bond acceptors (Lipinski definition) is 7. The van der Waals surface area contributed by atoms with Crippen LogP contribution in [-0.4, -0.2) is 72.0 Å². The molecule has 0 aromatic heterocycles. The molecule has 15 heteroatoms. The second-order valence-corrected chi connectivity index (χ2v) is 13.0. The van der Waals surface area contributed by atoms with Gasteiger partial charge in [-0.3, -0.25) is 14.1 Å². The van der Waals surface area contributed by atoms with Gasteiger partial charge < -0.3 is 19.5 Å². The number of para-hydroxylation sites is 1. The maximum atomic E-state index is 15.3. The van der Waals surface area contributed by atoms with E-state index in [1.165, 1.54) is 39.5 Å². The Balaban J connectivity index is 1.88. The number of anilines is 1. The first-order chi connectivity index (χ1) is 21.2. The number of hydrogen-bond donors (Lipinski definition) is 1. The lowest BCUT2D eigenvalue weighted by Crippen LogP contribution is -2.69. The lowest BCUT2D eigenvalue weighted by molar-refractivity contribution is -0.952. The number of alkyl halides is 3. The van der Waals surface area contributed by atoms with Gasteiger partial charge in [-0.1, -0.05) is 23.7 Å². The van der Waals surface area contributed by atoms with Crippen molar-refractivity contribution in [1.82, 2.24) is 5.32 Å². The van der Waals surface area contributed by atoms with Gasteiger partial charge in [0.2, 0.25) is 5.54 Å². The Labute approximate surface area is 262 Å². The number of carbonyl (C=O) groups excluding carboxylic acids is 2. The zero-order valence-corrected chi connectivity index (χ0v) is 26.2. The van der Waals surface area contributed by atoms with Crippen molar-refractivity contribution in [2.24, 2.45) is 0 Å². The Bertz CT molecular complexity index is 1790. The van der Waals surface area contributed by atoms with E-state index in [0.717, 1.165) is 18.2 Å². The quantitative estimate of drug-likeness (QED) is 0.350. The van der Waals surface area contributed by atoms with E-state index >= 15 is 4.79 Å². The van der Waals surface area contributed by atoms with Crippen molar-refractivity contribution in [1.29, 1.82) is 0 Å². The second kappa shape index (κ2) is 11.4. The lowest BCUT2D eigenvalue weighted by atomic mass is 9.78. The topological polar surface area (TPSA) is 111 Å². The molecule has 0 bridgehead atoms. The van der Waals surface area contributed by atoms with E-state index in [2.05, 4.69) is 10.1 Å². The number of likely N-dealkylation sites (tertiary alicyclic amines) is 1. The zero-order chi connectivity index (χ0) is 32.9. The number of likely N-dealkylation sites (N-methyl/N-ethyl adjacent to an activating group) is 2. The maximum absolute atomic E-state index is 15.3. The van der Waals surface area contributed by atoms with Crippen molar-refractivity contribution >= 4 is 39.1 Å². The summed E-state index contributed by atoms with van der Waals surface area (Å²) in [7, 11) is 0.592. The first kappa shape index (κ1) is 32.4. The third kappa shape index (κ3) is 4.95. The summed E-state index contributed by atoms with van der Waals surface area (Å²) in [5, 5.41) is 2.81. The van der Waals surface area contributed by atoms with E-state index < -0.39 is 44.5 Å². The fraction of sp³-hybridized carbons (Fsp3) is 0.333. The summed E-state index contributed by atoms with van der Waals surface area (Å²) >= 11 is 6.49. The largest absolute Gasteiger partial charge is 0.573 e. The molecule has 2 amide bonds. The van der Waals surface area contributed by atoms with Gasteiger partial charge in [0.1, 0.15) is 16.4 Å². The summed E-state index contributed by atoms with van der Waals surface area (Å²) in [5.74, 6) is -2.39. The minimum atomic E-state index is -5.27. The minimum Gasteiger partial charge on any atom is -0.497 e. The fourth-order valence-corrected chi connectivity index (χ4v) is 8.43. The fourth-order valence-electron chi connectivity index (χ4n) is 6.70. The molecule has 0 spiro atoms. The van der Waals surface area contributed by atoms with E-state index in [9.17, 15) is 26.4 Å². The van der Waals surface area contributed by atoms with Crippen molar-refractivity contribution in [3.8, 4) is 17.2 Å². The summed E-state index contributed by atoms with van der Waals surface area (Å²) in [4.78, 5) is 27.7. The highest BCUT2D eigenvalue weighted by molar-refractivity contribution is 7.93. The number of halogens is 4. The van der Waals surface area contributed by atoms with Gasteiger partial charge in [0, 0.05) is 31.0 Å². The number of rotatable bonds is 8. The van der Waals surface area contributed by atoms with Crippen molar-refractivity contribution in [2.45, 2.75) is 35.7 Å². The normalized spacial score (nSPS) is 23.1. The Hall–Kier alpha value is -4.01. The zero-order valence-electron chi connectivity index (χ0n) is 24.6.